The van der Waals surface area contributed by atoms with Gasteiger partial charge in [-0.05, 0) is 11.1 Å². The molecule has 2 rings (SSSR count). The predicted octanol–water partition coefficient (Wildman–Crippen LogP) is 3.66. The van der Waals surface area contributed by atoms with Gasteiger partial charge in [0.05, 0.1) is 0 Å². The first-order valence-corrected chi connectivity index (χ1v) is 5.93. The summed E-state index contributed by atoms with van der Waals surface area (Å²) in [6.07, 6.45) is 4.15. The van der Waals surface area contributed by atoms with Gasteiger partial charge >= 0.3 is 0 Å². The second-order valence-electron chi connectivity index (χ2n) is 4.23. The highest BCUT2D eigenvalue weighted by molar-refractivity contribution is 5.60. The van der Waals surface area contributed by atoms with Crippen LogP contribution in [0.25, 0.3) is 0 Å². The monoisotopic (exact) mass is 235 g/mol. The number of carbonyl (C=O) groups excluding carboxylic acids is 1. The van der Waals surface area contributed by atoms with Crippen molar-refractivity contribution in [3.05, 3.63) is 84.4 Å². The maximum absolute atomic E-state index is 11.0. The molecule has 0 aliphatic rings. The summed E-state index contributed by atoms with van der Waals surface area (Å²) in [5.41, 5.74) is 1.65. The zero-order chi connectivity index (χ0) is 12.8. The van der Waals surface area contributed by atoms with Gasteiger partial charge in [-0.3, -0.25) is 6.29 Å². The van der Waals surface area contributed by atoms with Gasteiger partial charge in [0.1, 0.15) is 0 Å². The van der Waals surface area contributed by atoms with E-state index in [1.807, 2.05) is 73.0 Å². The van der Waals surface area contributed by atoms with Gasteiger partial charge in [0.25, 0.3) is 0 Å². The van der Waals surface area contributed by atoms with Crippen LogP contribution in [0.3, 0.4) is 0 Å². The summed E-state index contributed by atoms with van der Waals surface area (Å²) in [5, 5.41) is 0. The fourth-order valence-corrected chi connectivity index (χ4v) is 2.26. The molecule has 0 aliphatic heterocycles. The molecule has 0 bridgehead atoms. The van der Waals surface area contributed by atoms with Crippen LogP contribution in [0.5, 0.6) is 0 Å². The largest absolute Gasteiger partial charge is 0.542 e. The lowest BCUT2D eigenvalue weighted by Gasteiger charge is -2.34. The SMILES string of the molecule is C=CC(C[C-]=O)(c1ccccc1)c1ccccc1. The van der Waals surface area contributed by atoms with Crippen molar-refractivity contribution in [1.29, 1.82) is 0 Å². The van der Waals surface area contributed by atoms with E-state index in [2.05, 4.69) is 6.58 Å². The first kappa shape index (κ1) is 12.3. The summed E-state index contributed by atoms with van der Waals surface area (Å²) in [6, 6.07) is 19.9. The molecule has 1 nitrogen and oxygen atoms in total. The zero-order valence-corrected chi connectivity index (χ0v) is 10.2. The van der Waals surface area contributed by atoms with Crippen molar-refractivity contribution in [2.75, 3.05) is 0 Å². The molecule has 0 atom stereocenters. The minimum atomic E-state index is -0.482. The molecule has 0 saturated carbocycles. The van der Waals surface area contributed by atoms with Crippen LogP contribution in [0.2, 0.25) is 0 Å². The van der Waals surface area contributed by atoms with E-state index in [9.17, 15) is 4.79 Å². The van der Waals surface area contributed by atoms with Gasteiger partial charge in [-0.1, -0.05) is 66.7 Å². The van der Waals surface area contributed by atoms with Crippen molar-refractivity contribution in [1.82, 2.24) is 0 Å². The molecule has 0 aliphatic carbocycles. The molecule has 0 fully saturated rings. The molecule has 0 N–H and O–H groups in total. The summed E-state index contributed by atoms with van der Waals surface area (Å²) in [4.78, 5) is 11.0. The van der Waals surface area contributed by atoms with E-state index >= 15 is 0 Å². The lowest BCUT2D eigenvalue weighted by molar-refractivity contribution is 0.533. The van der Waals surface area contributed by atoms with Gasteiger partial charge in [-0.2, -0.15) is 0 Å². The van der Waals surface area contributed by atoms with Crippen molar-refractivity contribution in [3.8, 4) is 0 Å². The highest BCUT2D eigenvalue weighted by Gasteiger charge is 2.26. The molecule has 0 heterocycles. The molecule has 1 heteroatoms. The molecule has 0 saturated heterocycles. The molecule has 0 unspecified atom stereocenters. The van der Waals surface area contributed by atoms with E-state index in [1.165, 1.54) is 0 Å². The quantitative estimate of drug-likeness (QED) is 0.571. The zero-order valence-electron chi connectivity index (χ0n) is 10.2. The number of allylic oxidation sites excluding steroid dienone is 1. The molecule has 90 valence electrons. The van der Waals surface area contributed by atoms with E-state index in [0.717, 1.165) is 11.1 Å². The number of hydrogen-bond acceptors (Lipinski definition) is 1. The van der Waals surface area contributed by atoms with Crippen molar-refractivity contribution >= 4 is 6.29 Å². The van der Waals surface area contributed by atoms with Gasteiger partial charge < -0.3 is 4.79 Å². The Morgan fingerprint density at radius 1 is 0.944 bits per heavy atom. The van der Waals surface area contributed by atoms with Crippen LogP contribution < -0.4 is 0 Å². The van der Waals surface area contributed by atoms with Crippen molar-refractivity contribution < 1.29 is 4.79 Å². The normalized spacial score (nSPS) is 10.9. The predicted molar refractivity (Wildman–Crippen MR) is 74.2 cm³/mol. The van der Waals surface area contributed by atoms with Gasteiger partial charge in [-0.15, -0.1) is 13.0 Å². The Morgan fingerprint density at radius 3 is 1.72 bits per heavy atom. The lowest BCUT2D eigenvalue weighted by Crippen LogP contribution is -2.25. The third-order valence-electron chi connectivity index (χ3n) is 3.28. The molecule has 18 heavy (non-hydrogen) atoms. The maximum atomic E-state index is 11.0. The molecule has 0 aromatic heterocycles. The molecule has 2 aromatic carbocycles. The highest BCUT2D eigenvalue weighted by atomic mass is 16.1. The van der Waals surface area contributed by atoms with Crippen LogP contribution in [0.15, 0.2) is 73.3 Å². The minimum absolute atomic E-state index is 0.282. The Hall–Kier alpha value is -2.15. The van der Waals surface area contributed by atoms with E-state index in [4.69, 9.17) is 0 Å². The molecular weight excluding hydrogens is 220 g/mol. The summed E-state index contributed by atoms with van der Waals surface area (Å²) in [7, 11) is 0. The standard InChI is InChI=1S/C17H15O/c1-2-17(13-14-18,15-9-5-3-6-10-15)16-11-7-4-8-12-16/h2-12H,1,13H2/q-1. The van der Waals surface area contributed by atoms with Crippen LogP contribution in [-0.2, 0) is 10.2 Å². The molecular formula is C17H15O-. The van der Waals surface area contributed by atoms with E-state index < -0.39 is 5.41 Å². The topological polar surface area (TPSA) is 17.1 Å². The van der Waals surface area contributed by atoms with Crippen molar-refractivity contribution in [2.24, 2.45) is 0 Å². The Labute approximate surface area is 108 Å². The number of hydrogen-bond donors (Lipinski definition) is 0. The summed E-state index contributed by atoms with van der Waals surface area (Å²) in [6.45, 7) is 3.93. The molecule has 0 amide bonds. The Balaban J connectivity index is 2.60. The van der Waals surface area contributed by atoms with Crippen molar-refractivity contribution in [2.45, 2.75) is 11.8 Å². The van der Waals surface area contributed by atoms with Crippen LogP contribution in [-0.4, -0.2) is 6.29 Å². The Kier molecular flexibility index (Phi) is 3.73. The van der Waals surface area contributed by atoms with Crippen LogP contribution in [0.1, 0.15) is 17.5 Å². The second kappa shape index (κ2) is 5.46. The number of benzene rings is 2. The smallest absolute Gasteiger partial charge is 0.0141 e. The van der Waals surface area contributed by atoms with Crippen LogP contribution >= 0.6 is 0 Å². The van der Waals surface area contributed by atoms with E-state index in [-0.39, 0.29) is 6.42 Å². The summed E-state index contributed by atoms with van der Waals surface area (Å²) in [5.74, 6) is 0. The first-order valence-electron chi connectivity index (χ1n) is 5.93. The van der Waals surface area contributed by atoms with Crippen LogP contribution in [0, 0.1) is 0 Å². The molecule has 0 spiro atoms. The van der Waals surface area contributed by atoms with Crippen LogP contribution in [0.4, 0.5) is 0 Å². The third-order valence-corrected chi connectivity index (χ3v) is 3.28. The van der Waals surface area contributed by atoms with Crippen molar-refractivity contribution in [3.63, 3.8) is 0 Å². The molecule has 0 radical (unpaired) electrons. The fourth-order valence-electron chi connectivity index (χ4n) is 2.26. The fraction of sp³-hybridized carbons (Fsp3) is 0.118. The second-order valence-corrected chi connectivity index (χ2v) is 4.23. The number of rotatable bonds is 5. The third kappa shape index (κ3) is 2.12. The lowest BCUT2D eigenvalue weighted by atomic mass is 9.72. The Bertz CT molecular complexity index is 474. The average molecular weight is 235 g/mol. The Morgan fingerprint density at radius 2 is 1.39 bits per heavy atom. The van der Waals surface area contributed by atoms with Gasteiger partial charge in [0.15, 0.2) is 0 Å². The van der Waals surface area contributed by atoms with E-state index in [0.29, 0.717) is 0 Å². The first-order chi connectivity index (χ1) is 8.83. The minimum Gasteiger partial charge on any atom is -0.542 e. The molecule has 2 aromatic rings. The van der Waals surface area contributed by atoms with Gasteiger partial charge in [0.2, 0.25) is 0 Å². The summed E-state index contributed by atoms with van der Waals surface area (Å²) < 4.78 is 0. The maximum Gasteiger partial charge on any atom is 0.0141 e. The van der Waals surface area contributed by atoms with E-state index in [1.54, 1.807) is 0 Å². The highest BCUT2D eigenvalue weighted by Crippen LogP contribution is 2.35. The van der Waals surface area contributed by atoms with Gasteiger partial charge in [-0.25, -0.2) is 0 Å². The summed E-state index contributed by atoms with van der Waals surface area (Å²) >= 11 is 0. The average Bonchev–Trinajstić information content (AvgIpc) is 2.47. The van der Waals surface area contributed by atoms with Gasteiger partial charge in [0, 0.05) is 5.41 Å².